The zero-order chi connectivity index (χ0) is 16.6. The minimum Gasteiger partial charge on any atom is -0.466 e. The van der Waals surface area contributed by atoms with Crippen LogP contribution < -0.4 is 0 Å². The fraction of sp³-hybridized carbons (Fsp3) is 0.789. The van der Waals surface area contributed by atoms with E-state index in [4.69, 9.17) is 13.9 Å². The minimum absolute atomic E-state index is 0.0812. The van der Waals surface area contributed by atoms with Gasteiger partial charge >= 0.3 is 0 Å². The molecule has 3 aliphatic rings. The minimum atomic E-state index is -0.692. The van der Waals surface area contributed by atoms with Crippen molar-refractivity contribution in [3.63, 3.8) is 0 Å². The van der Waals surface area contributed by atoms with Crippen molar-refractivity contribution < 1.29 is 19.0 Å². The molecule has 4 heteroatoms. The Bertz CT molecular complexity index is 621. The van der Waals surface area contributed by atoms with Crippen LogP contribution >= 0.6 is 0 Å². The van der Waals surface area contributed by atoms with Gasteiger partial charge in [-0.2, -0.15) is 0 Å². The normalized spacial score (nSPS) is 44.7. The molecule has 2 aliphatic carbocycles. The van der Waals surface area contributed by atoms with E-state index in [2.05, 4.69) is 27.7 Å². The maximum Gasteiger partial charge on any atom is 0.144 e. The number of aryl methyl sites for hydroxylation is 1. The molecule has 0 unspecified atom stereocenters. The van der Waals surface area contributed by atoms with Crippen molar-refractivity contribution in [3.05, 3.63) is 23.2 Å². The van der Waals surface area contributed by atoms with Gasteiger partial charge in [-0.1, -0.05) is 27.7 Å². The molecule has 4 rings (SSSR count). The van der Waals surface area contributed by atoms with Gasteiger partial charge in [-0.15, -0.1) is 0 Å². The van der Waals surface area contributed by atoms with Gasteiger partial charge in [0.15, 0.2) is 0 Å². The standard InChI is InChI=1S/C19H28O4/c1-10(2)8-22-17-14-11(3)9-21-15(14)16(20)19-13(23-19)7-6-12(4)18(17,19)5/h9-10,12-13,16-17,20H,6-8H2,1-5H3/t12-,13+,16-,17+,18-,19-/m0/s1. The molecular weight excluding hydrogens is 292 g/mol. The summed E-state index contributed by atoms with van der Waals surface area (Å²) in [6, 6.07) is 0. The van der Waals surface area contributed by atoms with Crippen molar-refractivity contribution in [1.29, 1.82) is 0 Å². The van der Waals surface area contributed by atoms with E-state index in [9.17, 15) is 5.11 Å². The largest absolute Gasteiger partial charge is 0.466 e. The van der Waals surface area contributed by atoms with Gasteiger partial charge in [0.25, 0.3) is 0 Å². The van der Waals surface area contributed by atoms with E-state index in [1.807, 2.05) is 6.92 Å². The Morgan fingerprint density at radius 2 is 2.13 bits per heavy atom. The van der Waals surface area contributed by atoms with Crippen molar-refractivity contribution in [2.24, 2.45) is 17.3 Å². The fourth-order valence-corrected chi connectivity index (χ4v) is 5.09. The molecule has 0 aromatic carbocycles. The van der Waals surface area contributed by atoms with Gasteiger partial charge in [-0.25, -0.2) is 0 Å². The van der Waals surface area contributed by atoms with E-state index in [-0.39, 0.29) is 17.6 Å². The van der Waals surface area contributed by atoms with Gasteiger partial charge < -0.3 is 19.0 Å². The van der Waals surface area contributed by atoms with E-state index in [0.29, 0.717) is 24.2 Å². The number of ether oxygens (including phenoxy) is 2. The third-order valence-corrected chi connectivity index (χ3v) is 6.60. The molecule has 1 N–H and O–H groups in total. The number of aliphatic hydroxyl groups excluding tert-OH is 1. The summed E-state index contributed by atoms with van der Waals surface area (Å²) in [7, 11) is 0. The highest BCUT2D eigenvalue weighted by molar-refractivity contribution is 5.43. The predicted octanol–water partition coefficient (Wildman–Crippen LogP) is 3.92. The van der Waals surface area contributed by atoms with Crippen LogP contribution in [0.4, 0.5) is 0 Å². The molecule has 1 aliphatic heterocycles. The van der Waals surface area contributed by atoms with Crippen molar-refractivity contribution >= 4 is 0 Å². The van der Waals surface area contributed by atoms with Gasteiger partial charge in [0.05, 0.1) is 18.5 Å². The summed E-state index contributed by atoms with van der Waals surface area (Å²) in [5, 5.41) is 11.1. The van der Waals surface area contributed by atoms with Crippen molar-refractivity contribution in [1.82, 2.24) is 0 Å². The molecule has 1 aromatic rings. The number of furan rings is 1. The summed E-state index contributed by atoms with van der Waals surface area (Å²) in [6.45, 7) is 11.6. The molecule has 2 heterocycles. The number of hydrogen-bond donors (Lipinski definition) is 1. The monoisotopic (exact) mass is 320 g/mol. The third-order valence-electron chi connectivity index (χ3n) is 6.60. The van der Waals surface area contributed by atoms with Crippen LogP contribution in [0.3, 0.4) is 0 Å². The van der Waals surface area contributed by atoms with E-state index in [1.165, 1.54) is 0 Å². The first kappa shape index (κ1) is 15.7. The Morgan fingerprint density at radius 3 is 2.83 bits per heavy atom. The van der Waals surface area contributed by atoms with Gasteiger partial charge in [0.1, 0.15) is 17.5 Å². The lowest BCUT2D eigenvalue weighted by molar-refractivity contribution is -0.161. The molecule has 4 nitrogen and oxygen atoms in total. The average molecular weight is 320 g/mol. The zero-order valence-corrected chi connectivity index (χ0v) is 14.8. The first-order chi connectivity index (χ1) is 10.8. The molecule has 1 aromatic heterocycles. The number of aliphatic hydroxyl groups is 1. The second-order valence-corrected chi connectivity index (χ2v) is 8.37. The molecule has 23 heavy (non-hydrogen) atoms. The molecule has 1 saturated carbocycles. The Labute approximate surface area is 138 Å². The molecule has 1 spiro atoms. The lowest BCUT2D eigenvalue weighted by Gasteiger charge is -2.53. The van der Waals surface area contributed by atoms with Crippen LogP contribution in [0.15, 0.2) is 10.7 Å². The quantitative estimate of drug-likeness (QED) is 0.858. The van der Waals surface area contributed by atoms with E-state index < -0.39 is 11.7 Å². The van der Waals surface area contributed by atoms with Crippen molar-refractivity contribution in [2.45, 2.75) is 71.4 Å². The molecule has 0 radical (unpaired) electrons. The number of epoxide rings is 1. The summed E-state index contributed by atoms with van der Waals surface area (Å²) < 4.78 is 18.4. The van der Waals surface area contributed by atoms with E-state index in [1.54, 1.807) is 6.26 Å². The van der Waals surface area contributed by atoms with E-state index in [0.717, 1.165) is 24.0 Å². The summed E-state index contributed by atoms with van der Waals surface area (Å²) in [4.78, 5) is 0. The van der Waals surface area contributed by atoms with E-state index >= 15 is 0 Å². The Balaban J connectivity index is 1.86. The van der Waals surface area contributed by atoms with Crippen molar-refractivity contribution in [3.8, 4) is 0 Å². The Kier molecular flexibility index (Phi) is 3.30. The maximum absolute atomic E-state index is 11.1. The number of hydrogen-bond acceptors (Lipinski definition) is 4. The van der Waals surface area contributed by atoms with Crippen LogP contribution in [0.2, 0.25) is 0 Å². The lowest BCUT2D eigenvalue weighted by atomic mass is 9.53. The SMILES string of the molecule is Cc1coc2c1[C@@H](OCC(C)C)[C@]1(C)[C@@H](C)CC[C@H]3O[C@]31[C@H]2O. The average Bonchev–Trinajstić information content (AvgIpc) is 3.14. The molecule has 0 amide bonds. The van der Waals surface area contributed by atoms with Crippen LogP contribution in [-0.4, -0.2) is 23.4 Å². The molecular formula is C19H28O4. The molecule has 0 bridgehead atoms. The smallest absolute Gasteiger partial charge is 0.144 e. The first-order valence-corrected chi connectivity index (χ1v) is 8.89. The summed E-state index contributed by atoms with van der Waals surface area (Å²) >= 11 is 0. The highest BCUT2D eigenvalue weighted by Gasteiger charge is 2.79. The van der Waals surface area contributed by atoms with Crippen LogP contribution in [0, 0.1) is 24.2 Å². The van der Waals surface area contributed by atoms with Gasteiger partial charge in [0, 0.05) is 17.6 Å². The topological polar surface area (TPSA) is 55.1 Å². The first-order valence-electron chi connectivity index (χ1n) is 8.89. The summed E-state index contributed by atoms with van der Waals surface area (Å²) in [5.41, 5.74) is 1.35. The predicted molar refractivity (Wildman–Crippen MR) is 86.0 cm³/mol. The highest BCUT2D eigenvalue weighted by Crippen LogP contribution is 2.73. The van der Waals surface area contributed by atoms with Crippen LogP contribution in [0.25, 0.3) is 0 Å². The van der Waals surface area contributed by atoms with Crippen LogP contribution in [0.5, 0.6) is 0 Å². The van der Waals surface area contributed by atoms with Gasteiger partial charge in [0.2, 0.25) is 0 Å². The van der Waals surface area contributed by atoms with Crippen molar-refractivity contribution in [2.75, 3.05) is 6.61 Å². The Hall–Kier alpha value is -0.840. The third kappa shape index (κ3) is 1.77. The maximum atomic E-state index is 11.1. The highest BCUT2D eigenvalue weighted by atomic mass is 16.6. The fourth-order valence-electron chi connectivity index (χ4n) is 5.09. The second kappa shape index (κ2) is 4.84. The molecule has 128 valence electrons. The molecule has 6 atom stereocenters. The zero-order valence-electron chi connectivity index (χ0n) is 14.8. The lowest BCUT2D eigenvalue weighted by Crippen LogP contribution is -2.56. The number of fused-ring (bicyclic) bond motifs is 1. The Morgan fingerprint density at radius 1 is 1.39 bits per heavy atom. The number of rotatable bonds is 3. The molecule has 1 saturated heterocycles. The van der Waals surface area contributed by atoms with Crippen LogP contribution in [0.1, 0.15) is 69.6 Å². The van der Waals surface area contributed by atoms with Crippen LogP contribution in [-0.2, 0) is 9.47 Å². The van der Waals surface area contributed by atoms with Gasteiger partial charge in [-0.05, 0) is 37.2 Å². The second-order valence-electron chi connectivity index (χ2n) is 8.37. The molecule has 2 fully saturated rings. The summed E-state index contributed by atoms with van der Waals surface area (Å²) in [5.74, 6) is 1.55. The van der Waals surface area contributed by atoms with Gasteiger partial charge in [-0.3, -0.25) is 0 Å². The summed E-state index contributed by atoms with van der Waals surface area (Å²) in [6.07, 6.45) is 3.23.